The minimum absolute atomic E-state index is 0.571. The Morgan fingerprint density at radius 1 is 1.00 bits per heavy atom. The molecule has 0 radical (unpaired) electrons. The van der Waals surface area contributed by atoms with Gasteiger partial charge in [0, 0.05) is 25.4 Å². The molecule has 2 nitrogen and oxygen atoms in total. The summed E-state index contributed by atoms with van der Waals surface area (Å²) in [6.45, 7) is 8.61. The maximum Gasteiger partial charge on any atom is 0.00726 e. The molecule has 2 fully saturated rings. The molecule has 2 aliphatic rings. The van der Waals surface area contributed by atoms with E-state index in [1.54, 1.807) is 0 Å². The second kappa shape index (κ2) is 8.53. The molecule has 0 aromatic heterocycles. The summed E-state index contributed by atoms with van der Waals surface area (Å²) in [6, 6.07) is 0. The lowest BCUT2D eigenvalue weighted by molar-refractivity contribution is 0.133. The molecule has 0 atom stereocenters. The molecular weight excluding hydrogens is 252 g/mol. The lowest BCUT2D eigenvalue weighted by Crippen LogP contribution is -2.44. The van der Waals surface area contributed by atoms with Gasteiger partial charge in [0.1, 0.15) is 0 Å². The fourth-order valence-corrected chi connectivity index (χ4v) is 4.61. The number of hydrogen-bond acceptors (Lipinski definition) is 3. The van der Waals surface area contributed by atoms with Crippen molar-refractivity contribution in [2.45, 2.75) is 51.9 Å². The van der Waals surface area contributed by atoms with E-state index < -0.39 is 0 Å². The van der Waals surface area contributed by atoms with Crippen molar-refractivity contribution in [3.8, 4) is 0 Å². The van der Waals surface area contributed by atoms with Gasteiger partial charge >= 0.3 is 0 Å². The molecule has 0 aromatic carbocycles. The predicted molar refractivity (Wildman–Crippen MR) is 87.1 cm³/mol. The molecule has 0 unspecified atom stereocenters. The molecule has 3 heteroatoms. The van der Waals surface area contributed by atoms with E-state index in [1.165, 1.54) is 82.6 Å². The van der Waals surface area contributed by atoms with Crippen LogP contribution in [-0.2, 0) is 0 Å². The molecule has 112 valence electrons. The van der Waals surface area contributed by atoms with Crippen LogP contribution in [0.15, 0.2) is 0 Å². The van der Waals surface area contributed by atoms with Gasteiger partial charge in [0.05, 0.1) is 0 Å². The SMILES string of the molecule is CCNCC1(CN2CCCSCC2)CCCCCC1. The minimum Gasteiger partial charge on any atom is -0.316 e. The van der Waals surface area contributed by atoms with Crippen LogP contribution in [0.4, 0.5) is 0 Å². The number of rotatable bonds is 5. The van der Waals surface area contributed by atoms with E-state index in [0.717, 1.165) is 6.54 Å². The van der Waals surface area contributed by atoms with Gasteiger partial charge in [0.15, 0.2) is 0 Å². The smallest absolute Gasteiger partial charge is 0.00726 e. The molecule has 1 aliphatic carbocycles. The summed E-state index contributed by atoms with van der Waals surface area (Å²) in [5.41, 5.74) is 0.571. The fraction of sp³-hybridized carbons (Fsp3) is 1.00. The highest BCUT2D eigenvalue weighted by molar-refractivity contribution is 7.99. The Morgan fingerprint density at radius 2 is 1.79 bits per heavy atom. The molecule has 2 rings (SSSR count). The van der Waals surface area contributed by atoms with Crippen molar-refractivity contribution in [3.05, 3.63) is 0 Å². The monoisotopic (exact) mass is 284 g/mol. The van der Waals surface area contributed by atoms with Crippen LogP contribution in [-0.4, -0.2) is 49.1 Å². The van der Waals surface area contributed by atoms with Crippen molar-refractivity contribution in [2.24, 2.45) is 5.41 Å². The summed E-state index contributed by atoms with van der Waals surface area (Å²) in [6.07, 6.45) is 10.1. The van der Waals surface area contributed by atoms with Gasteiger partial charge in [0.25, 0.3) is 0 Å². The van der Waals surface area contributed by atoms with E-state index in [9.17, 15) is 0 Å². The van der Waals surface area contributed by atoms with E-state index >= 15 is 0 Å². The molecule has 1 N–H and O–H groups in total. The Balaban J connectivity index is 1.94. The van der Waals surface area contributed by atoms with Gasteiger partial charge < -0.3 is 10.2 Å². The highest BCUT2D eigenvalue weighted by atomic mass is 32.2. The summed E-state index contributed by atoms with van der Waals surface area (Å²) < 4.78 is 0. The molecule has 1 saturated heterocycles. The zero-order valence-corrected chi connectivity index (χ0v) is 13.6. The topological polar surface area (TPSA) is 15.3 Å². The lowest BCUT2D eigenvalue weighted by atomic mass is 9.79. The Kier molecular flexibility index (Phi) is 7.03. The van der Waals surface area contributed by atoms with Crippen LogP contribution >= 0.6 is 11.8 Å². The van der Waals surface area contributed by atoms with Crippen molar-refractivity contribution in [1.82, 2.24) is 10.2 Å². The quantitative estimate of drug-likeness (QED) is 0.779. The average Bonchev–Trinajstić information content (AvgIpc) is 2.80. The summed E-state index contributed by atoms with van der Waals surface area (Å²) in [5, 5.41) is 3.66. The van der Waals surface area contributed by atoms with Crippen LogP contribution in [0, 0.1) is 5.41 Å². The number of nitrogens with zero attached hydrogens (tertiary/aromatic N) is 1. The van der Waals surface area contributed by atoms with Crippen molar-refractivity contribution in [2.75, 3.05) is 44.2 Å². The summed E-state index contributed by atoms with van der Waals surface area (Å²) >= 11 is 2.15. The molecule has 0 aromatic rings. The van der Waals surface area contributed by atoms with E-state index in [0.29, 0.717) is 5.41 Å². The first-order valence-electron chi connectivity index (χ1n) is 8.35. The normalized spacial score (nSPS) is 25.7. The third-order valence-electron chi connectivity index (χ3n) is 4.79. The van der Waals surface area contributed by atoms with Crippen molar-refractivity contribution in [3.63, 3.8) is 0 Å². The molecular formula is C16H32N2S. The molecule has 19 heavy (non-hydrogen) atoms. The van der Waals surface area contributed by atoms with Crippen molar-refractivity contribution < 1.29 is 0 Å². The van der Waals surface area contributed by atoms with E-state index in [2.05, 4.69) is 28.9 Å². The minimum atomic E-state index is 0.571. The summed E-state index contributed by atoms with van der Waals surface area (Å²) in [5.74, 6) is 2.72. The molecule has 1 aliphatic heterocycles. The van der Waals surface area contributed by atoms with Gasteiger partial charge in [-0.15, -0.1) is 0 Å². The van der Waals surface area contributed by atoms with Gasteiger partial charge in [-0.25, -0.2) is 0 Å². The van der Waals surface area contributed by atoms with Crippen molar-refractivity contribution >= 4 is 11.8 Å². The largest absolute Gasteiger partial charge is 0.316 e. The first kappa shape index (κ1) is 15.7. The zero-order chi connectivity index (χ0) is 13.4. The van der Waals surface area contributed by atoms with Crippen LogP contribution in [0.1, 0.15) is 51.9 Å². The summed E-state index contributed by atoms with van der Waals surface area (Å²) in [7, 11) is 0. The Morgan fingerprint density at radius 3 is 2.53 bits per heavy atom. The third kappa shape index (κ3) is 5.28. The number of hydrogen-bond donors (Lipinski definition) is 1. The second-order valence-corrected chi connectivity index (χ2v) is 7.66. The average molecular weight is 285 g/mol. The molecule has 1 heterocycles. The first-order valence-corrected chi connectivity index (χ1v) is 9.51. The van der Waals surface area contributed by atoms with E-state index in [1.807, 2.05) is 0 Å². The van der Waals surface area contributed by atoms with Crippen LogP contribution in [0.3, 0.4) is 0 Å². The van der Waals surface area contributed by atoms with Gasteiger partial charge in [-0.3, -0.25) is 0 Å². The maximum absolute atomic E-state index is 3.66. The predicted octanol–water partition coefficient (Wildman–Crippen LogP) is 3.38. The van der Waals surface area contributed by atoms with Crippen LogP contribution in [0.25, 0.3) is 0 Å². The standard InChI is InChI=1S/C16H32N2S/c1-2-17-14-16(8-5-3-4-6-9-16)15-18-10-7-12-19-13-11-18/h17H,2-15H2,1H3. The first-order chi connectivity index (χ1) is 9.35. The third-order valence-corrected chi connectivity index (χ3v) is 5.84. The number of nitrogens with one attached hydrogen (secondary N) is 1. The highest BCUT2D eigenvalue weighted by Gasteiger charge is 2.32. The van der Waals surface area contributed by atoms with Gasteiger partial charge in [-0.05, 0) is 43.5 Å². The Labute approximate surface area is 124 Å². The van der Waals surface area contributed by atoms with Crippen LogP contribution in [0.2, 0.25) is 0 Å². The Hall–Kier alpha value is 0.270. The van der Waals surface area contributed by atoms with Gasteiger partial charge in [-0.1, -0.05) is 32.6 Å². The number of thioether (sulfide) groups is 1. The highest BCUT2D eigenvalue weighted by Crippen LogP contribution is 2.35. The van der Waals surface area contributed by atoms with Gasteiger partial charge in [0.2, 0.25) is 0 Å². The summed E-state index contributed by atoms with van der Waals surface area (Å²) in [4.78, 5) is 2.77. The van der Waals surface area contributed by atoms with Gasteiger partial charge in [-0.2, -0.15) is 11.8 Å². The maximum atomic E-state index is 3.66. The van der Waals surface area contributed by atoms with E-state index in [4.69, 9.17) is 0 Å². The molecule has 0 bridgehead atoms. The van der Waals surface area contributed by atoms with Crippen LogP contribution in [0.5, 0.6) is 0 Å². The second-order valence-electron chi connectivity index (χ2n) is 6.44. The molecule has 0 spiro atoms. The lowest BCUT2D eigenvalue weighted by Gasteiger charge is -2.38. The Bertz CT molecular complexity index is 229. The zero-order valence-electron chi connectivity index (χ0n) is 12.8. The van der Waals surface area contributed by atoms with Crippen molar-refractivity contribution in [1.29, 1.82) is 0 Å². The van der Waals surface area contributed by atoms with E-state index in [-0.39, 0.29) is 0 Å². The molecule has 1 saturated carbocycles. The molecule has 0 amide bonds. The van der Waals surface area contributed by atoms with Crippen LogP contribution < -0.4 is 5.32 Å². The fourth-order valence-electron chi connectivity index (χ4n) is 3.69.